The van der Waals surface area contributed by atoms with Crippen molar-refractivity contribution in [3.63, 3.8) is 0 Å². The molecule has 0 atom stereocenters. The first kappa shape index (κ1) is 13.1. The summed E-state index contributed by atoms with van der Waals surface area (Å²) in [7, 11) is 0. The molecule has 0 aliphatic heterocycles. The van der Waals surface area contributed by atoms with Crippen LogP contribution in [0.3, 0.4) is 0 Å². The molecule has 4 aromatic carbocycles. The van der Waals surface area contributed by atoms with Gasteiger partial charge in [-0.2, -0.15) is 0 Å². The molecule has 0 aromatic heterocycles. The number of hydrogen-bond donors (Lipinski definition) is 1. The molecule has 4 aromatic rings. The Morgan fingerprint density at radius 2 is 0.909 bits per heavy atom. The predicted octanol–water partition coefficient (Wildman–Crippen LogP) is 3.06. The van der Waals surface area contributed by atoms with E-state index in [1.165, 1.54) is 21.5 Å². The molecule has 2 N–H and O–H groups in total. The van der Waals surface area contributed by atoms with Crippen LogP contribution in [-0.4, -0.2) is 6.85 Å². The Balaban J connectivity index is 1.78. The minimum Gasteiger partial charge on any atom is -0.362 e. The lowest BCUT2D eigenvalue weighted by Gasteiger charge is -2.11. The Labute approximate surface area is 130 Å². The average Bonchev–Trinajstić information content (AvgIpc) is 2.60. The van der Waals surface area contributed by atoms with Crippen LogP contribution in [0, 0.1) is 0 Å². The maximum Gasteiger partial charge on any atom is 0.286 e. The molecule has 0 saturated carbocycles. The highest BCUT2D eigenvalue weighted by Crippen LogP contribution is 2.13. The van der Waals surface area contributed by atoms with Crippen molar-refractivity contribution in [2.24, 2.45) is 5.64 Å². The molecule has 0 radical (unpaired) electrons. The minimum absolute atomic E-state index is 0.103. The molecule has 0 fully saturated rings. The fourth-order valence-corrected chi connectivity index (χ4v) is 2.99. The molecule has 4 rings (SSSR count). The van der Waals surface area contributed by atoms with E-state index < -0.39 is 0 Å². The summed E-state index contributed by atoms with van der Waals surface area (Å²) in [6, 6.07) is 29.7. The van der Waals surface area contributed by atoms with Crippen molar-refractivity contribution >= 4 is 39.3 Å². The summed E-state index contributed by atoms with van der Waals surface area (Å²) in [5, 5.41) is 4.96. The molecule has 0 spiro atoms. The van der Waals surface area contributed by atoms with Crippen molar-refractivity contribution in [1.82, 2.24) is 0 Å². The van der Waals surface area contributed by atoms with Gasteiger partial charge >= 0.3 is 0 Å². The van der Waals surface area contributed by atoms with E-state index in [9.17, 15) is 0 Å². The third kappa shape index (κ3) is 2.28. The Morgan fingerprint density at radius 3 is 1.36 bits per heavy atom. The van der Waals surface area contributed by atoms with Crippen LogP contribution in [0.15, 0.2) is 84.9 Å². The van der Waals surface area contributed by atoms with Crippen LogP contribution in [0.1, 0.15) is 0 Å². The van der Waals surface area contributed by atoms with Crippen LogP contribution in [0.2, 0.25) is 0 Å². The number of nitrogens with two attached hydrogens (primary N) is 1. The van der Waals surface area contributed by atoms with E-state index >= 15 is 0 Å². The van der Waals surface area contributed by atoms with Crippen molar-refractivity contribution in [3.05, 3.63) is 84.9 Å². The Bertz CT molecular complexity index is 882. The molecular formula is C20H16BN. The molecule has 0 heterocycles. The molecule has 22 heavy (non-hydrogen) atoms. The predicted molar refractivity (Wildman–Crippen MR) is 97.1 cm³/mol. The molecule has 0 unspecified atom stereocenters. The van der Waals surface area contributed by atoms with E-state index in [1.807, 2.05) is 0 Å². The zero-order chi connectivity index (χ0) is 14.9. The van der Waals surface area contributed by atoms with E-state index in [4.69, 9.17) is 5.64 Å². The first-order valence-electron chi connectivity index (χ1n) is 7.54. The van der Waals surface area contributed by atoms with Gasteiger partial charge in [-0.3, -0.25) is 0 Å². The fourth-order valence-electron chi connectivity index (χ4n) is 2.99. The van der Waals surface area contributed by atoms with Gasteiger partial charge in [0.15, 0.2) is 0 Å². The first-order chi connectivity index (χ1) is 10.8. The second kappa shape index (κ2) is 5.32. The molecule has 0 amide bonds. The molecular weight excluding hydrogens is 265 g/mol. The van der Waals surface area contributed by atoms with Crippen LogP contribution >= 0.6 is 0 Å². The molecule has 0 aliphatic carbocycles. The van der Waals surface area contributed by atoms with Crippen molar-refractivity contribution in [1.29, 1.82) is 0 Å². The third-order valence-corrected chi connectivity index (χ3v) is 4.27. The van der Waals surface area contributed by atoms with E-state index in [-0.39, 0.29) is 6.85 Å². The first-order valence-corrected chi connectivity index (χ1v) is 7.54. The summed E-state index contributed by atoms with van der Waals surface area (Å²) in [6.07, 6.45) is 0. The van der Waals surface area contributed by atoms with Crippen LogP contribution in [0.25, 0.3) is 21.5 Å². The van der Waals surface area contributed by atoms with Gasteiger partial charge in [0.1, 0.15) is 0 Å². The Hall–Kier alpha value is -2.58. The Kier molecular flexibility index (Phi) is 3.17. The second-order valence-electron chi connectivity index (χ2n) is 5.69. The normalized spacial score (nSPS) is 11.0. The largest absolute Gasteiger partial charge is 0.362 e. The average molecular weight is 281 g/mol. The van der Waals surface area contributed by atoms with E-state index in [2.05, 4.69) is 84.9 Å². The van der Waals surface area contributed by atoms with E-state index in [0.29, 0.717) is 0 Å². The topological polar surface area (TPSA) is 26.0 Å². The van der Waals surface area contributed by atoms with Crippen molar-refractivity contribution in [2.45, 2.75) is 0 Å². The molecule has 0 bridgehead atoms. The zero-order valence-corrected chi connectivity index (χ0v) is 12.2. The highest BCUT2D eigenvalue weighted by Gasteiger charge is 2.15. The van der Waals surface area contributed by atoms with Gasteiger partial charge in [-0.1, -0.05) is 95.9 Å². The lowest BCUT2D eigenvalue weighted by molar-refractivity contribution is 1.72. The van der Waals surface area contributed by atoms with Gasteiger partial charge in [0.05, 0.1) is 0 Å². The standard InChI is InChI=1S/C20H16BN/c22-21(19-11-9-15-5-1-3-7-17(15)13-19)20-12-10-16-6-2-4-8-18(16)14-20/h1-14H,22H2. The molecule has 104 valence electrons. The van der Waals surface area contributed by atoms with E-state index in [0.717, 1.165) is 10.9 Å². The third-order valence-electron chi connectivity index (χ3n) is 4.27. The number of benzene rings is 4. The van der Waals surface area contributed by atoms with Gasteiger partial charge in [0.25, 0.3) is 6.85 Å². The number of rotatable bonds is 2. The van der Waals surface area contributed by atoms with Crippen molar-refractivity contribution in [2.75, 3.05) is 0 Å². The van der Waals surface area contributed by atoms with Crippen LogP contribution in [0.5, 0.6) is 0 Å². The summed E-state index contributed by atoms with van der Waals surface area (Å²) in [6.45, 7) is -0.103. The second-order valence-corrected chi connectivity index (χ2v) is 5.69. The summed E-state index contributed by atoms with van der Waals surface area (Å²) >= 11 is 0. The summed E-state index contributed by atoms with van der Waals surface area (Å²) in [5.41, 5.74) is 8.79. The smallest absolute Gasteiger partial charge is 0.286 e. The molecule has 1 nitrogen and oxygen atoms in total. The van der Waals surface area contributed by atoms with Gasteiger partial charge < -0.3 is 5.64 Å². The van der Waals surface area contributed by atoms with Crippen LogP contribution in [-0.2, 0) is 0 Å². The number of hydrogen-bond acceptors (Lipinski definition) is 1. The molecule has 0 saturated heterocycles. The van der Waals surface area contributed by atoms with Gasteiger partial charge in [-0.25, -0.2) is 0 Å². The maximum atomic E-state index is 6.50. The number of fused-ring (bicyclic) bond motifs is 2. The summed E-state index contributed by atoms with van der Waals surface area (Å²) in [4.78, 5) is 0. The molecule has 2 heteroatoms. The highest BCUT2D eigenvalue weighted by molar-refractivity contribution is 6.82. The van der Waals surface area contributed by atoms with E-state index in [1.54, 1.807) is 0 Å². The summed E-state index contributed by atoms with van der Waals surface area (Å²) < 4.78 is 0. The minimum atomic E-state index is -0.103. The van der Waals surface area contributed by atoms with Crippen LogP contribution in [0.4, 0.5) is 0 Å². The van der Waals surface area contributed by atoms with Crippen LogP contribution < -0.4 is 16.6 Å². The summed E-state index contributed by atoms with van der Waals surface area (Å²) in [5.74, 6) is 0. The van der Waals surface area contributed by atoms with Crippen molar-refractivity contribution in [3.8, 4) is 0 Å². The maximum absolute atomic E-state index is 6.50. The fraction of sp³-hybridized carbons (Fsp3) is 0. The highest BCUT2D eigenvalue weighted by atomic mass is 14.4. The SMILES string of the molecule is NB(c1ccc2ccccc2c1)c1ccc2ccccc2c1. The quantitative estimate of drug-likeness (QED) is 0.561. The van der Waals surface area contributed by atoms with Gasteiger partial charge in [-0.05, 0) is 21.5 Å². The molecule has 0 aliphatic rings. The van der Waals surface area contributed by atoms with Gasteiger partial charge in [0.2, 0.25) is 0 Å². The van der Waals surface area contributed by atoms with Gasteiger partial charge in [-0.15, -0.1) is 0 Å². The monoisotopic (exact) mass is 281 g/mol. The lowest BCUT2D eigenvalue weighted by Crippen LogP contribution is -2.50. The Morgan fingerprint density at radius 1 is 0.500 bits per heavy atom. The van der Waals surface area contributed by atoms with Crippen molar-refractivity contribution < 1.29 is 0 Å². The zero-order valence-electron chi connectivity index (χ0n) is 12.2. The van der Waals surface area contributed by atoms with Gasteiger partial charge in [0, 0.05) is 0 Å². The lowest BCUT2D eigenvalue weighted by atomic mass is 9.52.